The Morgan fingerprint density at radius 2 is 1.96 bits per heavy atom. The molecular formula is C21H21BrO4. The molecule has 2 aromatic carbocycles. The third-order valence-electron chi connectivity index (χ3n) is 4.32. The highest BCUT2D eigenvalue weighted by Crippen LogP contribution is 2.36. The number of hydrogen-bond donors (Lipinski definition) is 0. The van der Waals surface area contributed by atoms with Gasteiger partial charge in [0.25, 0.3) is 6.29 Å². The standard InChI is InChI=1S/C21H21BrO4/c1-3-4-8-14-11-12-16-18(20(24)21(26-16)25-13(2)22)17(14)19(23)15-9-6-5-7-10-15/h5-7,9-13,21H,3-4,8H2,1-2H3. The number of ether oxygens (including phenoxy) is 2. The molecule has 3 rings (SSSR count). The maximum absolute atomic E-state index is 13.2. The SMILES string of the molecule is CCCCc1ccc2c(c1C(=O)c1ccccc1)C(=O)C(OC(C)Br)O2. The van der Waals surface area contributed by atoms with E-state index in [9.17, 15) is 9.59 Å². The van der Waals surface area contributed by atoms with Crippen LogP contribution >= 0.6 is 15.9 Å². The van der Waals surface area contributed by atoms with Crippen LogP contribution in [0.25, 0.3) is 0 Å². The van der Waals surface area contributed by atoms with Gasteiger partial charge in [0, 0.05) is 11.1 Å². The average Bonchev–Trinajstić information content (AvgIpc) is 2.95. The predicted octanol–water partition coefficient (Wildman–Crippen LogP) is 4.92. The molecule has 2 aromatic rings. The van der Waals surface area contributed by atoms with Crippen molar-refractivity contribution in [2.45, 2.75) is 44.4 Å². The number of Topliss-reactive ketones (excluding diaryl/α,β-unsaturated/α-hetero) is 1. The number of fused-ring (bicyclic) bond motifs is 1. The van der Waals surface area contributed by atoms with Crippen LogP contribution in [0.2, 0.25) is 0 Å². The van der Waals surface area contributed by atoms with Crippen LogP contribution in [-0.2, 0) is 11.2 Å². The Morgan fingerprint density at radius 1 is 1.23 bits per heavy atom. The summed E-state index contributed by atoms with van der Waals surface area (Å²) in [5, 5.41) is -0.335. The molecule has 0 aliphatic carbocycles. The molecule has 0 fully saturated rings. The van der Waals surface area contributed by atoms with Gasteiger partial charge < -0.3 is 9.47 Å². The minimum Gasteiger partial charge on any atom is -0.456 e. The van der Waals surface area contributed by atoms with Crippen molar-refractivity contribution in [3.05, 3.63) is 64.7 Å². The Labute approximate surface area is 161 Å². The molecule has 0 saturated carbocycles. The number of benzene rings is 2. The average molecular weight is 417 g/mol. The topological polar surface area (TPSA) is 52.6 Å². The highest BCUT2D eigenvalue weighted by molar-refractivity contribution is 9.09. The minimum atomic E-state index is -1.02. The Hall–Kier alpha value is -1.98. The fraction of sp³-hybridized carbons (Fsp3) is 0.333. The summed E-state index contributed by atoms with van der Waals surface area (Å²) in [4.78, 5) is 26.1. The molecule has 2 atom stereocenters. The normalized spacial score (nSPS) is 16.9. The summed E-state index contributed by atoms with van der Waals surface area (Å²) in [6, 6.07) is 12.7. The summed E-state index contributed by atoms with van der Waals surface area (Å²) in [6.07, 6.45) is 1.67. The van der Waals surface area contributed by atoms with E-state index in [1.807, 2.05) is 24.3 Å². The van der Waals surface area contributed by atoms with Crippen LogP contribution in [0.4, 0.5) is 0 Å². The van der Waals surface area contributed by atoms with Crippen molar-refractivity contribution in [2.24, 2.45) is 0 Å². The van der Waals surface area contributed by atoms with E-state index < -0.39 is 6.29 Å². The van der Waals surface area contributed by atoms with Crippen molar-refractivity contribution in [3.63, 3.8) is 0 Å². The predicted molar refractivity (Wildman–Crippen MR) is 103 cm³/mol. The lowest BCUT2D eigenvalue weighted by Gasteiger charge is -2.12. The molecule has 5 heteroatoms. The number of alkyl halides is 1. The number of carbonyl (C=O) groups excluding carboxylic acids is 2. The van der Waals surface area contributed by atoms with Crippen LogP contribution in [0, 0.1) is 0 Å². The van der Waals surface area contributed by atoms with Gasteiger partial charge in [0.15, 0.2) is 5.78 Å². The first-order valence-electron chi connectivity index (χ1n) is 8.79. The summed E-state index contributed by atoms with van der Waals surface area (Å²) in [7, 11) is 0. The zero-order chi connectivity index (χ0) is 18.7. The first-order valence-corrected chi connectivity index (χ1v) is 9.70. The number of rotatable bonds is 7. The number of aryl methyl sites for hydroxylation is 1. The summed E-state index contributed by atoms with van der Waals surface area (Å²) in [5.41, 5.74) is 2.22. The fourth-order valence-electron chi connectivity index (χ4n) is 3.08. The van der Waals surface area contributed by atoms with Crippen LogP contribution in [-0.4, -0.2) is 22.9 Å². The first kappa shape index (κ1) is 18.8. The molecule has 0 radical (unpaired) electrons. The van der Waals surface area contributed by atoms with Gasteiger partial charge in [-0.2, -0.15) is 0 Å². The fourth-order valence-corrected chi connectivity index (χ4v) is 3.28. The molecule has 0 saturated heterocycles. The van der Waals surface area contributed by atoms with Crippen LogP contribution in [0.1, 0.15) is 58.5 Å². The maximum Gasteiger partial charge on any atom is 0.265 e. The molecule has 1 aliphatic rings. The quantitative estimate of drug-likeness (QED) is 0.474. The molecule has 4 nitrogen and oxygen atoms in total. The smallest absolute Gasteiger partial charge is 0.265 e. The van der Waals surface area contributed by atoms with Gasteiger partial charge in [-0.3, -0.25) is 9.59 Å². The van der Waals surface area contributed by atoms with Gasteiger partial charge >= 0.3 is 0 Å². The van der Waals surface area contributed by atoms with Gasteiger partial charge in [-0.15, -0.1) is 0 Å². The Balaban J connectivity index is 2.08. The molecule has 0 aromatic heterocycles. The lowest BCUT2D eigenvalue weighted by atomic mass is 9.89. The highest BCUT2D eigenvalue weighted by Gasteiger charge is 2.38. The van der Waals surface area contributed by atoms with E-state index in [4.69, 9.17) is 9.47 Å². The van der Waals surface area contributed by atoms with Gasteiger partial charge in [-0.1, -0.05) is 65.7 Å². The molecule has 2 unspecified atom stereocenters. The minimum absolute atomic E-state index is 0.155. The van der Waals surface area contributed by atoms with Crippen LogP contribution in [0.15, 0.2) is 42.5 Å². The Morgan fingerprint density at radius 3 is 2.62 bits per heavy atom. The number of unbranched alkanes of at least 4 members (excludes halogenated alkanes) is 1. The van der Waals surface area contributed by atoms with Crippen molar-refractivity contribution in [2.75, 3.05) is 0 Å². The van der Waals surface area contributed by atoms with E-state index >= 15 is 0 Å². The summed E-state index contributed by atoms with van der Waals surface area (Å²) in [5.74, 6) is -0.0466. The zero-order valence-electron chi connectivity index (χ0n) is 14.8. The van der Waals surface area contributed by atoms with Crippen LogP contribution in [0.3, 0.4) is 0 Å². The zero-order valence-corrected chi connectivity index (χ0v) is 16.4. The molecule has 0 N–H and O–H groups in total. The van der Waals surface area contributed by atoms with Crippen LogP contribution < -0.4 is 4.74 Å². The van der Waals surface area contributed by atoms with Gasteiger partial charge in [0.1, 0.15) is 10.8 Å². The second kappa shape index (κ2) is 8.14. The van der Waals surface area contributed by atoms with Crippen molar-refractivity contribution in [1.82, 2.24) is 0 Å². The van der Waals surface area contributed by atoms with Crippen molar-refractivity contribution in [1.29, 1.82) is 0 Å². The second-order valence-electron chi connectivity index (χ2n) is 6.26. The number of ketones is 2. The second-order valence-corrected chi connectivity index (χ2v) is 7.55. The van der Waals surface area contributed by atoms with E-state index in [1.54, 1.807) is 25.1 Å². The molecule has 1 heterocycles. The van der Waals surface area contributed by atoms with E-state index in [0.717, 1.165) is 24.8 Å². The summed E-state index contributed by atoms with van der Waals surface area (Å²) in [6.45, 7) is 3.86. The molecule has 0 bridgehead atoms. The largest absolute Gasteiger partial charge is 0.456 e. The molecule has 1 aliphatic heterocycles. The van der Waals surface area contributed by atoms with Gasteiger partial charge in [-0.05, 0) is 31.4 Å². The van der Waals surface area contributed by atoms with Crippen molar-refractivity contribution >= 4 is 27.5 Å². The molecule has 0 spiro atoms. The van der Waals surface area contributed by atoms with Crippen molar-refractivity contribution in [3.8, 4) is 5.75 Å². The molecule has 136 valence electrons. The highest BCUT2D eigenvalue weighted by atomic mass is 79.9. The first-order chi connectivity index (χ1) is 12.5. The number of hydrogen-bond acceptors (Lipinski definition) is 4. The molecule has 26 heavy (non-hydrogen) atoms. The Kier molecular flexibility index (Phi) is 5.89. The monoisotopic (exact) mass is 416 g/mol. The maximum atomic E-state index is 13.2. The summed E-state index contributed by atoms with van der Waals surface area (Å²) < 4.78 is 11.2. The van der Waals surface area contributed by atoms with Crippen molar-refractivity contribution < 1.29 is 19.1 Å². The number of halogens is 1. The molecular weight excluding hydrogens is 396 g/mol. The third-order valence-corrected chi connectivity index (χ3v) is 4.54. The number of carbonyl (C=O) groups is 2. The third kappa shape index (κ3) is 3.74. The van der Waals surface area contributed by atoms with Gasteiger partial charge in [-0.25, -0.2) is 0 Å². The lowest BCUT2D eigenvalue weighted by molar-refractivity contribution is -0.0510. The van der Waals surface area contributed by atoms with E-state index in [2.05, 4.69) is 22.9 Å². The lowest BCUT2D eigenvalue weighted by Crippen LogP contribution is -2.27. The van der Waals surface area contributed by atoms with E-state index in [1.165, 1.54) is 0 Å². The molecule has 0 amide bonds. The Bertz CT molecular complexity index is 814. The summed E-state index contributed by atoms with van der Waals surface area (Å²) >= 11 is 3.27. The van der Waals surface area contributed by atoms with E-state index in [0.29, 0.717) is 22.4 Å². The van der Waals surface area contributed by atoms with Gasteiger partial charge in [0.05, 0.1) is 5.56 Å². The van der Waals surface area contributed by atoms with Gasteiger partial charge in [0.2, 0.25) is 5.78 Å². The van der Waals surface area contributed by atoms with Crippen LogP contribution in [0.5, 0.6) is 5.75 Å². The van der Waals surface area contributed by atoms with E-state index in [-0.39, 0.29) is 16.6 Å².